The van der Waals surface area contributed by atoms with Crippen LogP contribution >= 0.6 is 11.8 Å². The molecule has 5 nitrogen and oxygen atoms in total. The van der Waals surface area contributed by atoms with Crippen molar-refractivity contribution in [3.63, 3.8) is 0 Å². The van der Waals surface area contributed by atoms with Crippen LogP contribution in [-0.2, 0) is 4.79 Å². The van der Waals surface area contributed by atoms with Crippen molar-refractivity contribution in [3.8, 4) is 6.07 Å². The van der Waals surface area contributed by atoms with Crippen LogP contribution in [0, 0.1) is 11.3 Å². The third-order valence-corrected chi connectivity index (χ3v) is 3.87. The van der Waals surface area contributed by atoms with Gasteiger partial charge in [-0.2, -0.15) is 5.26 Å². The number of hydrogen-bond donors (Lipinski definition) is 1. The van der Waals surface area contributed by atoms with Crippen molar-refractivity contribution in [2.24, 2.45) is 4.99 Å². The predicted octanol–water partition coefficient (Wildman–Crippen LogP) is 1.82. The van der Waals surface area contributed by atoms with Crippen molar-refractivity contribution in [3.05, 3.63) is 18.2 Å². The molecule has 0 aromatic heterocycles. The van der Waals surface area contributed by atoms with Crippen LogP contribution in [0.2, 0.25) is 0 Å². The quantitative estimate of drug-likeness (QED) is 0.878. The summed E-state index contributed by atoms with van der Waals surface area (Å²) in [4.78, 5) is 19.1. The molecule has 0 fully saturated rings. The fourth-order valence-corrected chi connectivity index (χ4v) is 3.07. The molecule has 1 aromatic carbocycles. The van der Waals surface area contributed by atoms with Crippen LogP contribution in [0.25, 0.3) is 0 Å². The van der Waals surface area contributed by atoms with E-state index in [9.17, 15) is 4.79 Å². The summed E-state index contributed by atoms with van der Waals surface area (Å²) in [6.07, 6.45) is -0.123. The largest absolute Gasteiger partial charge is 0.325 e. The van der Waals surface area contributed by atoms with Crippen molar-refractivity contribution < 1.29 is 4.79 Å². The number of amides is 1. The third-order valence-electron chi connectivity index (χ3n) is 2.78. The number of nitrogens with one attached hydrogen (secondary N) is 1. The molecule has 0 saturated heterocycles. The van der Waals surface area contributed by atoms with Crippen LogP contribution in [0.1, 0.15) is 6.42 Å². The molecule has 2 aliphatic heterocycles. The van der Waals surface area contributed by atoms with E-state index in [1.165, 1.54) is 0 Å². The number of rotatable bonds is 2. The zero-order valence-corrected chi connectivity index (χ0v) is 10.3. The maximum Gasteiger partial charge on any atom is 0.238 e. The maximum atomic E-state index is 11.4. The van der Waals surface area contributed by atoms with E-state index in [-0.39, 0.29) is 12.3 Å². The number of carbonyl (C=O) groups is 1. The van der Waals surface area contributed by atoms with Gasteiger partial charge in [-0.3, -0.25) is 9.79 Å². The molecule has 0 aliphatic carbocycles. The molecule has 18 heavy (non-hydrogen) atoms. The molecule has 1 N–H and O–H groups in total. The lowest BCUT2D eigenvalue weighted by molar-refractivity contribution is -0.115. The monoisotopic (exact) mass is 258 g/mol. The molecule has 2 aliphatic rings. The summed E-state index contributed by atoms with van der Waals surface area (Å²) in [5.74, 6) is -0.279. The fraction of sp³-hybridized carbons (Fsp3) is 0.250. The first-order chi connectivity index (χ1) is 8.78. The topological polar surface area (TPSA) is 68.5 Å². The highest BCUT2D eigenvalue weighted by atomic mass is 32.2. The Balaban J connectivity index is 1.84. The van der Waals surface area contributed by atoms with Crippen molar-refractivity contribution in [2.45, 2.75) is 11.3 Å². The molecule has 1 aromatic rings. The van der Waals surface area contributed by atoms with E-state index in [4.69, 9.17) is 5.26 Å². The van der Waals surface area contributed by atoms with Gasteiger partial charge >= 0.3 is 0 Å². The summed E-state index contributed by atoms with van der Waals surface area (Å²) >= 11 is 1.66. The number of anilines is 2. The van der Waals surface area contributed by atoms with E-state index in [0.29, 0.717) is 0 Å². The highest BCUT2D eigenvalue weighted by Crippen LogP contribution is 2.43. The number of fused-ring (bicyclic) bond motifs is 3. The highest BCUT2D eigenvalue weighted by molar-refractivity contribution is 8.14. The van der Waals surface area contributed by atoms with Crippen LogP contribution in [0.15, 0.2) is 28.1 Å². The minimum atomic E-state index is -0.279. The Hall–Kier alpha value is -2.00. The SMILES string of the molecule is N#CCC(=O)Nc1ccc2c(c1)N1CCN=C1S2. The number of amidine groups is 1. The van der Waals surface area contributed by atoms with E-state index in [0.717, 1.165) is 34.5 Å². The summed E-state index contributed by atoms with van der Waals surface area (Å²) < 4.78 is 0. The second kappa shape index (κ2) is 4.35. The van der Waals surface area contributed by atoms with Crippen molar-refractivity contribution in [2.75, 3.05) is 23.3 Å². The van der Waals surface area contributed by atoms with E-state index in [2.05, 4.69) is 15.2 Å². The smallest absolute Gasteiger partial charge is 0.238 e. The average Bonchev–Trinajstić information content (AvgIpc) is 2.90. The number of thioether (sulfide) groups is 1. The Kier molecular flexibility index (Phi) is 2.68. The van der Waals surface area contributed by atoms with E-state index >= 15 is 0 Å². The maximum absolute atomic E-state index is 11.4. The third kappa shape index (κ3) is 1.83. The van der Waals surface area contributed by atoms with Crippen molar-refractivity contribution in [1.82, 2.24) is 0 Å². The van der Waals surface area contributed by atoms with E-state index in [1.54, 1.807) is 11.8 Å². The number of benzene rings is 1. The van der Waals surface area contributed by atoms with Crippen LogP contribution in [0.4, 0.5) is 11.4 Å². The Morgan fingerprint density at radius 1 is 1.61 bits per heavy atom. The van der Waals surface area contributed by atoms with Gasteiger partial charge in [0.05, 0.1) is 18.3 Å². The van der Waals surface area contributed by atoms with Gasteiger partial charge < -0.3 is 10.2 Å². The van der Waals surface area contributed by atoms with Crippen molar-refractivity contribution in [1.29, 1.82) is 5.26 Å². The zero-order valence-electron chi connectivity index (χ0n) is 9.51. The lowest BCUT2D eigenvalue weighted by Gasteiger charge is -2.13. The van der Waals surface area contributed by atoms with Gasteiger partial charge in [-0.1, -0.05) is 0 Å². The average molecular weight is 258 g/mol. The summed E-state index contributed by atoms with van der Waals surface area (Å²) in [5, 5.41) is 12.2. The van der Waals surface area contributed by atoms with Gasteiger partial charge in [-0.15, -0.1) is 0 Å². The van der Waals surface area contributed by atoms with Gasteiger partial charge in [0.15, 0.2) is 5.17 Å². The number of nitriles is 1. The molecular weight excluding hydrogens is 248 g/mol. The molecule has 90 valence electrons. The molecule has 0 saturated carbocycles. The lowest BCUT2D eigenvalue weighted by atomic mass is 10.2. The molecule has 3 rings (SSSR count). The van der Waals surface area contributed by atoms with Crippen LogP contribution in [0.3, 0.4) is 0 Å². The number of carbonyl (C=O) groups excluding carboxylic acids is 1. The standard InChI is InChI=1S/C12H10N4OS/c13-4-3-11(17)15-8-1-2-10-9(7-8)16-6-5-14-12(16)18-10/h1-2,7H,3,5-6H2,(H,15,17). The van der Waals surface area contributed by atoms with Crippen LogP contribution in [-0.4, -0.2) is 24.2 Å². The first-order valence-electron chi connectivity index (χ1n) is 5.58. The minimum absolute atomic E-state index is 0.123. The van der Waals surface area contributed by atoms with Crippen molar-refractivity contribution >= 4 is 34.2 Å². The van der Waals surface area contributed by atoms with Crippen LogP contribution in [0.5, 0.6) is 0 Å². The molecule has 0 spiro atoms. The van der Waals surface area contributed by atoms with Gasteiger partial charge in [-0.25, -0.2) is 0 Å². The molecule has 0 atom stereocenters. The van der Waals surface area contributed by atoms with Gasteiger partial charge in [0.2, 0.25) is 5.91 Å². The Morgan fingerprint density at radius 2 is 2.50 bits per heavy atom. The second-order valence-electron chi connectivity index (χ2n) is 3.98. The lowest BCUT2D eigenvalue weighted by Crippen LogP contribution is -2.20. The second-order valence-corrected chi connectivity index (χ2v) is 4.99. The Bertz CT molecular complexity index is 590. The van der Waals surface area contributed by atoms with Gasteiger partial charge in [0, 0.05) is 17.1 Å². The highest BCUT2D eigenvalue weighted by Gasteiger charge is 2.29. The fourth-order valence-electron chi connectivity index (χ4n) is 2.01. The van der Waals surface area contributed by atoms with E-state index in [1.807, 2.05) is 24.3 Å². The van der Waals surface area contributed by atoms with Gasteiger partial charge in [0.25, 0.3) is 0 Å². The van der Waals surface area contributed by atoms with Crippen LogP contribution < -0.4 is 10.2 Å². The number of hydrogen-bond acceptors (Lipinski definition) is 5. The Labute approximate surface area is 108 Å². The molecule has 0 bridgehead atoms. The molecule has 6 heteroatoms. The van der Waals surface area contributed by atoms with Gasteiger partial charge in [0.1, 0.15) is 6.42 Å². The normalized spacial score (nSPS) is 15.7. The first-order valence-corrected chi connectivity index (χ1v) is 6.40. The number of aliphatic imine (C=N–C) groups is 1. The molecular formula is C12H10N4OS. The first kappa shape index (κ1) is 11.1. The summed E-state index contributed by atoms with van der Waals surface area (Å²) in [5.41, 5.74) is 1.81. The predicted molar refractivity (Wildman–Crippen MR) is 70.8 cm³/mol. The molecule has 2 heterocycles. The van der Waals surface area contributed by atoms with Gasteiger partial charge in [-0.05, 0) is 30.0 Å². The minimum Gasteiger partial charge on any atom is -0.325 e. The summed E-state index contributed by atoms with van der Waals surface area (Å²) in [6.45, 7) is 1.72. The molecule has 0 unspecified atom stereocenters. The summed E-state index contributed by atoms with van der Waals surface area (Å²) in [7, 11) is 0. The Morgan fingerprint density at radius 3 is 3.33 bits per heavy atom. The zero-order chi connectivity index (χ0) is 12.5. The molecule has 1 amide bonds. The molecule has 0 radical (unpaired) electrons. The van der Waals surface area contributed by atoms with E-state index < -0.39 is 0 Å². The summed E-state index contributed by atoms with van der Waals surface area (Å²) in [6, 6.07) is 7.59. The number of nitrogens with zero attached hydrogens (tertiary/aromatic N) is 3.